The number of aromatic nitrogens is 1. The quantitative estimate of drug-likeness (QED) is 0.592. The SMILES string of the molecule is NC1CCN(S(=O)(=O)c2cccc3c(=O)n(COC(=O)c4ccccc4)ccc23)C12CC2. The first kappa shape index (κ1) is 20.9. The predicted octanol–water partition coefficient (Wildman–Crippen LogP) is 2.07. The molecule has 1 saturated heterocycles. The molecule has 8 nitrogen and oxygen atoms in total. The van der Waals surface area contributed by atoms with Gasteiger partial charge in [0, 0.05) is 29.6 Å². The molecule has 0 radical (unpaired) electrons. The average molecular weight is 454 g/mol. The number of rotatable bonds is 5. The highest BCUT2D eigenvalue weighted by Gasteiger charge is 2.60. The third-order valence-corrected chi connectivity index (χ3v) is 8.52. The lowest BCUT2D eigenvalue weighted by molar-refractivity contribution is 0.0367. The Kier molecular flexibility index (Phi) is 4.92. The molecule has 1 aliphatic heterocycles. The predicted molar refractivity (Wildman–Crippen MR) is 119 cm³/mol. The Labute approximate surface area is 185 Å². The van der Waals surface area contributed by atoms with Crippen molar-refractivity contribution < 1.29 is 17.9 Å². The molecule has 2 aromatic carbocycles. The number of ether oxygens (including phenoxy) is 1. The Morgan fingerprint density at radius 1 is 1.06 bits per heavy atom. The molecule has 32 heavy (non-hydrogen) atoms. The fraction of sp³-hybridized carbons (Fsp3) is 0.304. The van der Waals surface area contributed by atoms with Crippen molar-refractivity contribution in [2.75, 3.05) is 6.54 Å². The molecule has 9 heteroatoms. The summed E-state index contributed by atoms with van der Waals surface area (Å²) in [4.78, 5) is 25.3. The molecule has 3 aromatic rings. The lowest BCUT2D eigenvalue weighted by atomic mass is 10.1. The van der Waals surface area contributed by atoms with Crippen LogP contribution in [0.5, 0.6) is 0 Å². The van der Waals surface area contributed by atoms with Crippen LogP contribution in [0.2, 0.25) is 0 Å². The minimum atomic E-state index is -3.81. The molecule has 2 aliphatic rings. The number of carbonyl (C=O) groups is 1. The second kappa shape index (κ2) is 7.54. The molecule has 0 bridgehead atoms. The summed E-state index contributed by atoms with van der Waals surface area (Å²) in [6.07, 6.45) is 3.60. The molecule has 1 saturated carbocycles. The van der Waals surface area contributed by atoms with Gasteiger partial charge in [-0.1, -0.05) is 24.3 Å². The van der Waals surface area contributed by atoms with Crippen LogP contribution in [0.4, 0.5) is 0 Å². The zero-order valence-electron chi connectivity index (χ0n) is 17.3. The van der Waals surface area contributed by atoms with E-state index in [1.807, 2.05) is 0 Å². The smallest absolute Gasteiger partial charge is 0.339 e. The number of carbonyl (C=O) groups excluding carboxylic acids is 1. The van der Waals surface area contributed by atoms with Crippen molar-refractivity contribution in [2.45, 2.75) is 42.5 Å². The Hall–Kier alpha value is -3.01. The van der Waals surface area contributed by atoms with Gasteiger partial charge in [0.25, 0.3) is 5.56 Å². The van der Waals surface area contributed by atoms with E-state index in [9.17, 15) is 18.0 Å². The summed E-state index contributed by atoms with van der Waals surface area (Å²) in [6, 6.07) is 14.6. The van der Waals surface area contributed by atoms with Crippen molar-refractivity contribution in [1.29, 1.82) is 0 Å². The van der Waals surface area contributed by atoms with Gasteiger partial charge in [0.1, 0.15) is 0 Å². The second-order valence-corrected chi connectivity index (χ2v) is 10.1. The molecule has 1 aromatic heterocycles. The summed E-state index contributed by atoms with van der Waals surface area (Å²) in [5.41, 5.74) is 5.66. The van der Waals surface area contributed by atoms with E-state index >= 15 is 0 Å². The number of pyridine rings is 1. The van der Waals surface area contributed by atoms with Crippen LogP contribution in [0.25, 0.3) is 10.8 Å². The zero-order chi connectivity index (χ0) is 22.5. The molecule has 2 fully saturated rings. The molecule has 166 valence electrons. The van der Waals surface area contributed by atoms with Crippen molar-refractivity contribution in [3.05, 3.63) is 76.7 Å². The zero-order valence-corrected chi connectivity index (χ0v) is 18.1. The lowest BCUT2D eigenvalue weighted by Gasteiger charge is -2.26. The van der Waals surface area contributed by atoms with E-state index in [1.165, 1.54) is 21.1 Å². The molecular formula is C23H23N3O5S. The lowest BCUT2D eigenvalue weighted by Crippen LogP contribution is -2.44. The number of esters is 1. The summed E-state index contributed by atoms with van der Waals surface area (Å²) in [6.45, 7) is 0.107. The molecule has 1 spiro atoms. The van der Waals surface area contributed by atoms with Crippen LogP contribution in [-0.4, -0.2) is 41.4 Å². The minimum absolute atomic E-state index is 0.0981. The van der Waals surface area contributed by atoms with Crippen LogP contribution in [0.1, 0.15) is 29.6 Å². The summed E-state index contributed by atoms with van der Waals surface area (Å²) in [5.74, 6) is -0.547. The van der Waals surface area contributed by atoms with Gasteiger partial charge in [0.15, 0.2) is 6.73 Å². The highest BCUT2D eigenvalue weighted by molar-refractivity contribution is 7.89. The van der Waals surface area contributed by atoms with Crippen molar-refractivity contribution in [2.24, 2.45) is 5.73 Å². The molecule has 0 amide bonds. The van der Waals surface area contributed by atoms with Crippen molar-refractivity contribution in [1.82, 2.24) is 8.87 Å². The summed E-state index contributed by atoms with van der Waals surface area (Å²) >= 11 is 0. The third-order valence-electron chi connectivity index (χ3n) is 6.48. The van der Waals surface area contributed by atoms with Crippen molar-refractivity contribution >= 4 is 26.8 Å². The number of nitrogens with two attached hydrogens (primary N) is 1. The van der Waals surface area contributed by atoms with E-state index < -0.39 is 27.1 Å². The van der Waals surface area contributed by atoms with E-state index in [0.29, 0.717) is 23.9 Å². The first-order chi connectivity index (χ1) is 15.3. The number of nitrogens with zero attached hydrogens (tertiary/aromatic N) is 2. The highest BCUT2D eigenvalue weighted by atomic mass is 32.2. The molecule has 5 rings (SSSR count). The third kappa shape index (κ3) is 3.24. The maximum absolute atomic E-state index is 13.5. The fourth-order valence-corrected chi connectivity index (χ4v) is 6.65. The molecule has 2 N–H and O–H groups in total. The van der Waals surface area contributed by atoms with Crippen LogP contribution >= 0.6 is 0 Å². The first-order valence-electron chi connectivity index (χ1n) is 10.5. The maximum Gasteiger partial charge on any atom is 0.339 e. The fourth-order valence-electron chi connectivity index (χ4n) is 4.56. The number of sulfonamides is 1. The monoisotopic (exact) mass is 453 g/mol. The van der Waals surface area contributed by atoms with E-state index in [-0.39, 0.29) is 23.1 Å². The van der Waals surface area contributed by atoms with E-state index in [2.05, 4.69) is 0 Å². The van der Waals surface area contributed by atoms with Crippen LogP contribution in [0.15, 0.2) is 70.5 Å². The van der Waals surface area contributed by atoms with E-state index in [0.717, 1.165) is 12.8 Å². The van der Waals surface area contributed by atoms with Gasteiger partial charge in [-0.25, -0.2) is 13.2 Å². The van der Waals surface area contributed by atoms with E-state index in [4.69, 9.17) is 10.5 Å². The Morgan fingerprint density at radius 3 is 2.53 bits per heavy atom. The Bertz CT molecular complexity index is 1360. The van der Waals surface area contributed by atoms with Crippen LogP contribution in [0, 0.1) is 0 Å². The van der Waals surface area contributed by atoms with Gasteiger partial charge >= 0.3 is 5.97 Å². The first-order valence-corrected chi connectivity index (χ1v) is 11.9. The van der Waals surface area contributed by atoms with Gasteiger partial charge in [-0.3, -0.25) is 9.36 Å². The largest absolute Gasteiger partial charge is 0.440 e. The summed E-state index contributed by atoms with van der Waals surface area (Å²) < 4.78 is 35.0. The van der Waals surface area contributed by atoms with Crippen LogP contribution in [0.3, 0.4) is 0 Å². The highest BCUT2D eigenvalue weighted by Crippen LogP contribution is 2.51. The van der Waals surface area contributed by atoms with Crippen LogP contribution in [-0.2, 0) is 21.5 Å². The summed E-state index contributed by atoms with van der Waals surface area (Å²) in [7, 11) is -3.81. The van der Waals surface area contributed by atoms with Gasteiger partial charge < -0.3 is 10.5 Å². The van der Waals surface area contributed by atoms with Gasteiger partial charge in [0.05, 0.1) is 16.0 Å². The van der Waals surface area contributed by atoms with Crippen molar-refractivity contribution in [3.8, 4) is 0 Å². The Morgan fingerprint density at radius 2 is 1.81 bits per heavy atom. The minimum Gasteiger partial charge on any atom is -0.440 e. The Balaban J connectivity index is 1.47. The molecule has 1 unspecified atom stereocenters. The number of fused-ring (bicyclic) bond motifs is 1. The number of hydrogen-bond donors (Lipinski definition) is 1. The second-order valence-electron chi connectivity index (χ2n) is 8.31. The average Bonchev–Trinajstić information content (AvgIpc) is 3.53. The van der Waals surface area contributed by atoms with Gasteiger partial charge in [-0.05, 0) is 49.6 Å². The molecular weight excluding hydrogens is 430 g/mol. The van der Waals surface area contributed by atoms with Crippen molar-refractivity contribution in [3.63, 3.8) is 0 Å². The summed E-state index contributed by atoms with van der Waals surface area (Å²) in [5, 5.41) is 0.595. The van der Waals surface area contributed by atoms with E-state index in [1.54, 1.807) is 48.5 Å². The van der Waals surface area contributed by atoms with Gasteiger partial charge in [-0.15, -0.1) is 0 Å². The normalized spacial score (nSPS) is 20.0. The number of benzene rings is 2. The van der Waals surface area contributed by atoms with Gasteiger partial charge in [0.2, 0.25) is 10.0 Å². The molecule has 1 atom stereocenters. The maximum atomic E-state index is 13.5. The van der Waals surface area contributed by atoms with Crippen LogP contribution < -0.4 is 11.3 Å². The topological polar surface area (TPSA) is 112 Å². The standard InChI is InChI=1S/C23H23N3O5S/c24-20-10-14-26(23(20)11-12-23)32(29,30)19-8-4-7-18-17(19)9-13-25(21(18)27)15-31-22(28)16-5-2-1-3-6-16/h1-9,13,20H,10-12,14-15,24H2. The molecule has 2 heterocycles. The number of hydrogen-bond acceptors (Lipinski definition) is 6. The van der Waals surface area contributed by atoms with Gasteiger partial charge in [-0.2, -0.15) is 4.31 Å². The molecule has 1 aliphatic carbocycles.